The van der Waals surface area contributed by atoms with E-state index in [0.717, 1.165) is 26.0 Å². The molecule has 2 atom stereocenters. The van der Waals surface area contributed by atoms with Gasteiger partial charge in [-0.25, -0.2) is 10.2 Å². The molecule has 2 unspecified atom stereocenters. The van der Waals surface area contributed by atoms with E-state index in [1.54, 1.807) is 0 Å². The van der Waals surface area contributed by atoms with Crippen LogP contribution >= 0.6 is 0 Å². The van der Waals surface area contributed by atoms with Crippen molar-refractivity contribution < 1.29 is 9.57 Å². The summed E-state index contributed by atoms with van der Waals surface area (Å²) in [7, 11) is 0. The molecule has 0 bridgehead atoms. The van der Waals surface area contributed by atoms with Crippen molar-refractivity contribution >= 4 is 0 Å². The third kappa shape index (κ3) is 4.82. The van der Waals surface area contributed by atoms with Crippen molar-refractivity contribution in [2.24, 2.45) is 0 Å². The quantitative estimate of drug-likeness (QED) is 0.351. The fourth-order valence-corrected chi connectivity index (χ4v) is 2.33. The van der Waals surface area contributed by atoms with Gasteiger partial charge in [-0.1, -0.05) is 39.0 Å². The summed E-state index contributed by atoms with van der Waals surface area (Å²) < 4.78 is 5.75. The molecule has 0 radical (unpaired) electrons. The third-order valence-electron chi connectivity index (χ3n) is 3.52. The smallest absolute Gasteiger partial charge is 0.322 e. The topological polar surface area (TPSA) is 67.8 Å². The molecule has 0 aliphatic carbocycles. The zero-order chi connectivity index (χ0) is 12.7. The minimum Gasteiger partial charge on any atom is -0.322 e. The van der Waals surface area contributed by atoms with E-state index in [4.69, 9.17) is 9.57 Å². The van der Waals surface area contributed by atoms with Crippen molar-refractivity contribution in [2.45, 2.75) is 70.5 Å². The maximum Gasteiger partial charge on any atom is 0.331 e. The van der Waals surface area contributed by atoms with Crippen molar-refractivity contribution in [3.8, 4) is 0 Å². The van der Waals surface area contributed by atoms with E-state index >= 15 is 0 Å². The first kappa shape index (κ1) is 14.2. The van der Waals surface area contributed by atoms with Crippen LogP contribution in [0, 0.1) is 0 Å². The molecule has 2 rings (SSSR count). The van der Waals surface area contributed by atoms with Crippen molar-refractivity contribution in [2.75, 3.05) is 13.2 Å². The van der Waals surface area contributed by atoms with Gasteiger partial charge in [0.15, 0.2) is 0 Å². The van der Waals surface area contributed by atoms with E-state index in [1.165, 1.54) is 38.5 Å². The van der Waals surface area contributed by atoms with Gasteiger partial charge in [0.25, 0.3) is 0 Å². The first-order valence-corrected chi connectivity index (χ1v) is 7.45. The average Bonchev–Trinajstić information content (AvgIpc) is 3.16. The molecule has 0 saturated carbocycles. The fourth-order valence-electron chi connectivity index (χ4n) is 2.33. The first-order chi connectivity index (χ1) is 8.85. The maximum absolute atomic E-state index is 5.75. The largest absolute Gasteiger partial charge is 0.331 e. The average molecular weight is 257 g/mol. The van der Waals surface area contributed by atoms with E-state index < -0.39 is 6.03 Å². The Kier molecular flexibility index (Phi) is 5.85. The van der Waals surface area contributed by atoms with Crippen molar-refractivity contribution in [1.82, 2.24) is 16.1 Å². The van der Waals surface area contributed by atoms with Crippen LogP contribution in [0.25, 0.3) is 0 Å². The molecule has 3 N–H and O–H groups in total. The van der Waals surface area contributed by atoms with Gasteiger partial charge in [-0.15, -0.1) is 5.48 Å². The predicted molar refractivity (Wildman–Crippen MR) is 70.4 cm³/mol. The van der Waals surface area contributed by atoms with Crippen LogP contribution < -0.4 is 16.1 Å². The van der Waals surface area contributed by atoms with Crippen LogP contribution in [0.5, 0.6) is 0 Å². The van der Waals surface area contributed by atoms with Gasteiger partial charge in [-0.05, 0) is 25.8 Å². The van der Waals surface area contributed by atoms with Gasteiger partial charge in [-0.2, -0.15) is 0 Å². The Labute approximate surface area is 110 Å². The van der Waals surface area contributed by atoms with Crippen molar-refractivity contribution in [3.05, 3.63) is 0 Å². The van der Waals surface area contributed by atoms with E-state index in [-0.39, 0.29) is 6.17 Å². The second-order valence-corrected chi connectivity index (χ2v) is 5.23. The molecule has 2 heterocycles. The van der Waals surface area contributed by atoms with E-state index in [0.29, 0.717) is 0 Å². The predicted octanol–water partition coefficient (Wildman–Crippen LogP) is 1.81. The third-order valence-corrected chi connectivity index (χ3v) is 3.52. The number of unbranched alkanes of at least 4 members (excludes halogenated alkanes) is 3. The summed E-state index contributed by atoms with van der Waals surface area (Å²) in [6.45, 7) is 4.03. The highest BCUT2D eigenvalue weighted by atomic mass is 17.0. The molecule has 5 nitrogen and oxygen atoms in total. The maximum atomic E-state index is 5.75. The number of hydroxylamine groups is 1. The summed E-state index contributed by atoms with van der Waals surface area (Å²) in [5.41, 5.74) is 2.83. The molecule has 2 saturated heterocycles. The normalized spacial score (nSPS) is 32.2. The highest BCUT2D eigenvalue weighted by Crippen LogP contribution is 2.20. The van der Waals surface area contributed by atoms with Crippen molar-refractivity contribution in [1.29, 1.82) is 0 Å². The molecule has 5 heteroatoms. The fraction of sp³-hybridized carbons (Fsp3) is 1.00. The number of nitrogens with one attached hydrogen (secondary N) is 3. The molecule has 0 aromatic rings. The molecule has 106 valence electrons. The van der Waals surface area contributed by atoms with Gasteiger partial charge in [-0.3, -0.25) is 0 Å². The van der Waals surface area contributed by atoms with Crippen LogP contribution in [-0.2, 0) is 9.57 Å². The molecular formula is C13H27N3O2. The van der Waals surface area contributed by atoms with Crippen LogP contribution in [0.15, 0.2) is 0 Å². The number of hydrogen-bond acceptors (Lipinski definition) is 5. The van der Waals surface area contributed by atoms with E-state index in [9.17, 15) is 0 Å². The molecule has 2 aliphatic heterocycles. The van der Waals surface area contributed by atoms with Crippen LogP contribution in [0.2, 0.25) is 0 Å². The van der Waals surface area contributed by atoms with Crippen LogP contribution in [0.3, 0.4) is 0 Å². The first-order valence-electron chi connectivity index (χ1n) is 7.45. The van der Waals surface area contributed by atoms with E-state index in [2.05, 4.69) is 23.0 Å². The highest BCUT2D eigenvalue weighted by molar-refractivity contribution is 4.77. The Balaban J connectivity index is 1.61. The zero-order valence-corrected chi connectivity index (χ0v) is 11.5. The summed E-state index contributed by atoms with van der Waals surface area (Å²) >= 11 is 0. The number of hydrogen-bond donors (Lipinski definition) is 3. The summed E-state index contributed by atoms with van der Waals surface area (Å²) in [6, 6.07) is -0.714. The molecule has 0 aromatic heterocycles. The highest BCUT2D eigenvalue weighted by Gasteiger charge is 2.48. The molecular weight excluding hydrogens is 230 g/mol. The van der Waals surface area contributed by atoms with Gasteiger partial charge < -0.3 is 10.1 Å². The molecule has 2 aliphatic rings. The Morgan fingerprint density at radius 3 is 2.94 bits per heavy atom. The van der Waals surface area contributed by atoms with Gasteiger partial charge in [0.05, 0.1) is 12.8 Å². The van der Waals surface area contributed by atoms with Gasteiger partial charge >= 0.3 is 6.03 Å². The lowest BCUT2D eigenvalue weighted by atomic mass is 10.2. The lowest BCUT2D eigenvalue weighted by Crippen LogP contribution is -2.51. The molecule has 0 spiro atoms. The van der Waals surface area contributed by atoms with Crippen molar-refractivity contribution in [3.63, 3.8) is 0 Å². The van der Waals surface area contributed by atoms with Crippen LogP contribution in [-0.4, -0.2) is 25.4 Å². The van der Waals surface area contributed by atoms with E-state index in [1.807, 2.05) is 0 Å². The Hall–Kier alpha value is -0.200. The summed E-state index contributed by atoms with van der Waals surface area (Å²) in [4.78, 5) is 5.22. The second kappa shape index (κ2) is 7.40. The summed E-state index contributed by atoms with van der Waals surface area (Å²) in [6.07, 6.45) is 10.1. The lowest BCUT2D eigenvalue weighted by molar-refractivity contribution is -0.0786. The standard InChI is InChI=1S/C13H27N3O2/c1-2-3-4-8-11-17-13(16-18-13)15-12-9-6-5-7-10-14-12/h12,14-16H,2-11H2,1H3. The second-order valence-electron chi connectivity index (χ2n) is 5.23. The molecule has 2 fully saturated rings. The Morgan fingerprint density at radius 1 is 1.28 bits per heavy atom. The molecule has 0 aromatic carbocycles. The monoisotopic (exact) mass is 257 g/mol. The van der Waals surface area contributed by atoms with Crippen LogP contribution in [0.4, 0.5) is 0 Å². The SMILES string of the molecule is CCCCCCOC1(NC2CCCCCN2)NO1. The summed E-state index contributed by atoms with van der Waals surface area (Å²) in [5.74, 6) is 0. The van der Waals surface area contributed by atoms with Gasteiger partial charge in [0.2, 0.25) is 0 Å². The van der Waals surface area contributed by atoms with Gasteiger partial charge in [0.1, 0.15) is 0 Å². The van der Waals surface area contributed by atoms with Crippen LogP contribution in [0.1, 0.15) is 58.3 Å². The minimum atomic E-state index is -0.714. The van der Waals surface area contributed by atoms with Gasteiger partial charge in [0, 0.05) is 0 Å². The molecule has 0 amide bonds. The number of ether oxygens (including phenoxy) is 1. The Morgan fingerprint density at radius 2 is 2.17 bits per heavy atom. The zero-order valence-electron chi connectivity index (χ0n) is 11.5. The Bertz CT molecular complexity index is 226. The summed E-state index contributed by atoms with van der Waals surface area (Å²) in [5, 5.41) is 6.85. The lowest BCUT2D eigenvalue weighted by Gasteiger charge is -2.21. The number of rotatable bonds is 8. The minimum absolute atomic E-state index is 0.290. The molecule has 18 heavy (non-hydrogen) atoms.